The summed E-state index contributed by atoms with van der Waals surface area (Å²) in [5, 5.41) is 12.7. The van der Waals surface area contributed by atoms with Crippen LogP contribution >= 0.6 is 11.8 Å². The van der Waals surface area contributed by atoms with Crippen LogP contribution in [0.4, 0.5) is 0 Å². The van der Waals surface area contributed by atoms with Gasteiger partial charge in [0.25, 0.3) is 10.1 Å². The van der Waals surface area contributed by atoms with Crippen LogP contribution in [-0.2, 0) is 27.1 Å². The van der Waals surface area contributed by atoms with Crippen molar-refractivity contribution in [2.45, 2.75) is 79.9 Å². The number of fused-ring (bicyclic) bond motifs is 2. The standard InChI is InChI=1S/C24H36N2O5S2/c25-21(22(27)28)12-17-2-4-18(5-3-17)15-32-24-9-7-19-6-8-23(16-24,13-20(19)14-24)26-10-1-11-33(29,30)31/h2-5,19-21,26H,1,6-16,25H2,(H,27,28)(H,29,30,31)/t19?,20?,21-,23?,24?/m0/s1. The summed E-state index contributed by atoms with van der Waals surface area (Å²) in [7, 11) is -3.90. The fraction of sp³-hybridized carbons (Fsp3) is 0.708. The van der Waals surface area contributed by atoms with E-state index in [1.807, 2.05) is 12.1 Å². The van der Waals surface area contributed by atoms with Gasteiger partial charge in [0.2, 0.25) is 0 Å². The van der Waals surface area contributed by atoms with Crippen molar-refractivity contribution in [2.75, 3.05) is 12.3 Å². The second-order valence-electron chi connectivity index (χ2n) is 10.5. The molecular formula is C24H36N2O5S2. The number of nitrogens with one attached hydrogen (secondary N) is 1. The molecule has 9 heteroatoms. The van der Waals surface area contributed by atoms with E-state index < -0.39 is 22.1 Å². The maximum atomic E-state index is 11.1. The molecule has 5 atom stereocenters. The Morgan fingerprint density at radius 3 is 2.55 bits per heavy atom. The Bertz CT molecular complexity index is 954. The Labute approximate surface area is 201 Å². The number of benzene rings is 1. The zero-order valence-corrected chi connectivity index (χ0v) is 20.7. The molecule has 0 spiro atoms. The predicted octanol–water partition coefficient (Wildman–Crippen LogP) is 3.22. The molecule has 1 aromatic rings. The highest BCUT2D eigenvalue weighted by Gasteiger charge is 2.55. The number of hydrogen-bond donors (Lipinski definition) is 4. The van der Waals surface area contributed by atoms with Gasteiger partial charge in [0, 0.05) is 16.0 Å². The van der Waals surface area contributed by atoms with E-state index in [1.165, 1.54) is 37.7 Å². The highest BCUT2D eigenvalue weighted by Crippen LogP contribution is 2.60. The van der Waals surface area contributed by atoms with Crippen molar-refractivity contribution in [3.63, 3.8) is 0 Å². The summed E-state index contributed by atoms with van der Waals surface area (Å²) < 4.78 is 31.4. The molecular weight excluding hydrogens is 460 g/mol. The molecule has 3 saturated carbocycles. The lowest BCUT2D eigenvalue weighted by Crippen LogP contribution is -2.61. The monoisotopic (exact) mass is 496 g/mol. The fourth-order valence-corrected chi connectivity index (χ4v) is 8.56. The number of hydrogen-bond acceptors (Lipinski definition) is 6. The van der Waals surface area contributed by atoms with Crippen LogP contribution in [0.15, 0.2) is 24.3 Å². The highest BCUT2D eigenvalue weighted by molar-refractivity contribution is 7.99. The Morgan fingerprint density at radius 2 is 1.85 bits per heavy atom. The second kappa shape index (κ2) is 9.85. The van der Waals surface area contributed by atoms with Crippen LogP contribution in [0.5, 0.6) is 0 Å². The van der Waals surface area contributed by atoms with Crippen molar-refractivity contribution in [1.29, 1.82) is 0 Å². The lowest BCUT2D eigenvalue weighted by Gasteiger charge is -2.60. The zero-order chi connectivity index (χ0) is 23.7. The first-order valence-electron chi connectivity index (χ1n) is 12.0. The largest absolute Gasteiger partial charge is 0.480 e. The fourth-order valence-electron chi connectivity index (χ4n) is 6.42. The highest BCUT2D eigenvalue weighted by atomic mass is 32.2. The molecule has 33 heavy (non-hydrogen) atoms. The van der Waals surface area contributed by atoms with E-state index in [-0.39, 0.29) is 16.0 Å². The average Bonchev–Trinajstić information content (AvgIpc) is 2.74. The number of carboxylic acid groups (broad SMARTS) is 1. The van der Waals surface area contributed by atoms with Crippen LogP contribution in [0.3, 0.4) is 0 Å². The third-order valence-corrected chi connectivity index (χ3v) is 10.4. The number of aliphatic carboxylic acids is 1. The Hall–Kier alpha value is -1.13. The first-order chi connectivity index (χ1) is 15.6. The SMILES string of the molecule is N[C@@H](Cc1ccc(CSC23CCC4CCC(NCCCS(=O)(=O)O)(CC4C2)C3)cc1)C(=O)O. The minimum atomic E-state index is -3.90. The second-order valence-corrected chi connectivity index (χ2v) is 13.5. The molecule has 5 N–H and O–H groups in total. The van der Waals surface area contributed by atoms with Crippen LogP contribution in [-0.4, -0.2) is 52.7 Å². The summed E-state index contributed by atoms with van der Waals surface area (Å²) in [6, 6.07) is 7.28. The lowest BCUT2D eigenvalue weighted by atomic mass is 9.54. The van der Waals surface area contributed by atoms with Crippen molar-refractivity contribution in [3.8, 4) is 0 Å². The predicted molar refractivity (Wildman–Crippen MR) is 131 cm³/mol. The molecule has 0 amide bonds. The van der Waals surface area contributed by atoms with Crippen molar-refractivity contribution < 1.29 is 22.9 Å². The minimum Gasteiger partial charge on any atom is -0.480 e. The van der Waals surface area contributed by atoms with Gasteiger partial charge in [-0.2, -0.15) is 20.2 Å². The van der Waals surface area contributed by atoms with Crippen LogP contribution in [0.25, 0.3) is 0 Å². The van der Waals surface area contributed by atoms with E-state index in [0.29, 0.717) is 19.4 Å². The summed E-state index contributed by atoms with van der Waals surface area (Å²) in [4.78, 5) is 11.0. The number of rotatable bonds is 11. The van der Waals surface area contributed by atoms with Gasteiger partial charge >= 0.3 is 5.97 Å². The van der Waals surface area contributed by atoms with E-state index in [4.69, 9.17) is 15.4 Å². The Balaban J connectivity index is 1.37. The first-order valence-corrected chi connectivity index (χ1v) is 14.6. The molecule has 3 aliphatic rings. The van der Waals surface area contributed by atoms with Crippen LogP contribution in [0, 0.1) is 11.8 Å². The number of thioether (sulfide) groups is 1. The van der Waals surface area contributed by atoms with E-state index in [1.54, 1.807) is 0 Å². The topological polar surface area (TPSA) is 130 Å². The van der Waals surface area contributed by atoms with E-state index in [2.05, 4.69) is 29.2 Å². The summed E-state index contributed by atoms with van der Waals surface area (Å²) in [6.45, 7) is 0.623. The quantitative estimate of drug-likeness (QED) is 0.271. The Kier molecular flexibility index (Phi) is 7.46. The molecule has 7 nitrogen and oxygen atoms in total. The molecule has 4 unspecified atom stereocenters. The molecule has 3 aliphatic carbocycles. The average molecular weight is 497 g/mol. The number of nitrogens with two attached hydrogens (primary N) is 1. The van der Waals surface area contributed by atoms with E-state index >= 15 is 0 Å². The summed E-state index contributed by atoms with van der Waals surface area (Å²) >= 11 is 2.06. The normalized spacial score (nSPS) is 31.9. The molecule has 1 aromatic carbocycles. The van der Waals surface area contributed by atoms with E-state index in [9.17, 15) is 13.2 Å². The van der Waals surface area contributed by atoms with E-state index in [0.717, 1.165) is 36.0 Å². The van der Waals surface area contributed by atoms with Crippen molar-refractivity contribution in [2.24, 2.45) is 17.6 Å². The van der Waals surface area contributed by atoms with Gasteiger partial charge in [-0.05, 0) is 87.3 Å². The summed E-state index contributed by atoms with van der Waals surface area (Å²) in [5.41, 5.74) is 7.93. The maximum Gasteiger partial charge on any atom is 0.320 e. The molecule has 3 bridgehead atoms. The smallest absolute Gasteiger partial charge is 0.320 e. The van der Waals surface area contributed by atoms with Crippen molar-refractivity contribution >= 4 is 27.8 Å². The van der Waals surface area contributed by atoms with Gasteiger partial charge in [-0.1, -0.05) is 24.3 Å². The molecule has 184 valence electrons. The molecule has 0 saturated heterocycles. The third kappa shape index (κ3) is 6.31. The summed E-state index contributed by atoms with van der Waals surface area (Å²) in [5.74, 6) is 1.33. The minimum absolute atomic E-state index is 0.0862. The zero-order valence-electron chi connectivity index (χ0n) is 19.0. The number of carbonyl (C=O) groups is 1. The Morgan fingerprint density at radius 1 is 1.15 bits per heavy atom. The maximum absolute atomic E-state index is 11.1. The molecule has 0 radical (unpaired) electrons. The van der Waals surface area contributed by atoms with Gasteiger partial charge in [0.05, 0.1) is 5.75 Å². The van der Waals surface area contributed by atoms with Gasteiger partial charge < -0.3 is 16.2 Å². The molecule has 0 heterocycles. The van der Waals surface area contributed by atoms with Gasteiger partial charge in [0.1, 0.15) is 6.04 Å². The van der Waals surface area contributed by atoms with Gasteiger partial charge in [0.15, 0.2) is 0 Å². The van der Waals surface area contributed by atoms with Crippen LogP contribution < -0.4 is 11.1 Å². The van der Waals surface area contributed by atoms with Crippen LogP contribution in [0.2, 0.25) is 0 Å². The summed E-state index contributed by atoms with van der Waals surface area (Å²) in [6.07, 6.45) is 9.30. The van der Waals surface area contributed by atoms with Gasteiger partial charge in [-0.15, -0.1) is 0 Å². The van der Waals surface area contributed by atoms with Crippen molar-refractivity contribution in [3.05, 3.63) is 35.4 Å². The van der Waals surface area contributed by atoms with Gasteiger partial charge in [-0.25, -0.2) is 0 Å². The lowest BCUT2D eigenvalue weighted by molar-refractivity contribution is -0.138. The molecule has 4 rings (SSSR count). The van der Waals surface area contributed by atoms with Crippen LogP contribution in [0.1, 0.15) is 62.5 Å². The number of carboxylic acids is 1. The third-order valence-electron chi connectivity index (χ3n) is 8.00. The van der Waals surface area contributed by atoms with Crippen molar-refractivity contribution in [1.82, 2.24) is 5.32 Å². The molecule has 0 aliphatic heterocycles. The molecule has 3 fully saturated rings. The molecule has 0 aromatic heterocycles. The van der Waals surface area contributed by atoms with Gasteiger partial charge in [-0.3, -0.25) is 9.35 Å². The first kappa shape index (κ1) is 25.0.